The molecular weight excluding hydrogens is 236 g/mol. The van der Waals surface area contributed by atoms with Crippen LogP contribution in [0.3, 0.4) is 0 Å². The molecular formula is C11H16N4O3. The Morgan fingerprint density at radius 2 is 2.56 bits per heavy atom. The highest BCUT2D eigenvalue weighted by molar-refractivity contribution is 5.95. The smallest absolute Gasteiger partial charge is 0.254 e. The number of carbonyl (C=O) groups excluding carboxylic acids is 1. The van der Waals surface area contributed by atoms with Crippen molar-refractivity contribution in [3.05, 3.63) is 23.9 Å². The molecule has 4 N–H and O–H groups in total. The molecule has 18 heavy (non-hydrogen) atoms. The van der Waals surface area contributed by atoms with Crippen LogP contribution < -0.4 is 11.3 Å². The van der Waals surface area contributed by atoms with Crippen LogP contribution in [0.1, 0.15) is 10.4 Å². The normalized spacial score (nSPS) is 19.7. The SMILES string of the molecule is NNc1cc(C(=O)N2CCOCC2CO)ccn1. The minimum Gasteiger partial charge on any atom is -0.394 e. The molecule has 1 atom stereocenters. The second-order valence-electron chi connectivity index (χ2n) is 3.98. The molecule has 1 aromatic heterocycles. The van der Waals surface area contributed by atoms with Gasteiger partial charge in [0.1, 0.15) is 5.82 Å². The summed E-state index contributed by atoms with van der Waals surface area (Å²) in [6.45, 7) is 1.20. The highest BCUT2D eigenvalue weighted by Crippen LogP contribution is 2.14. The van der Waals surface area contributed by atoms with Crippen LogP contribution in [0.4, 0.5) is 5.82 Å². The van der Waals surface area contributed by atoms with Crippen LogP contribution in [-0.4, -0.2) is 53.3 Å². The Labute approximate surface area is 105 Å². The van der Waals surface area contributed by atoms with Crippen molar-refractivity contribution in [2.24, 2.45) is 5.84 Å². The minimum atomic E-state index is -0.297. The van der Waals surface area contributed by atoms with E-state index in [0.29, 0.717) is 31.1 Å². The Bertz CT molecular complexity index is 427. The first-order valence-corrected chi connectivity index (χ1v) is 5.68. The number of morpholine rings is 1. The molecule has 1 saturated heterocycles. The third-order valence-electron chi connectivity index (χ3n) is 2.85. The van der Waals surface area contributed by atoms with E-state index < -0.39 is 0 Å². The van der Waals surface area contributed by atoms with E-state index in [9.17, 15) is 9.90 Å². The lowest BCUT2D eigenvalue weighted by Crippen LogP contribution is -2.50. The number of anilines is 1. The van der Waals surface area contributed by atoms with Gasteiger partial charge in [-0.05, 0) is 12.1 Å². The highest BCUT2D eigenvalue weighted by atomic mass is 16.5. The first kappa shape index (κ1) is 12.7. The molecule has 0 bridgehead atoms. The van der Waals surface area contributed by atoms with Gasteiger partial charge in [-0.3, -0.25) is 4.79 Å². The maximum atomic E-state index is 12.3. The molecule has 0 saturated carbocycles. The van der Waals surface area contributed by atoms with Gasteiger partial charge in [-0.1, -0.05) is 0 Å². The molecule has 1 amide bonds. The first-order valence-electron chi connectivity index (χ1n) is 5.68. The zero-order valence-electron chi connectivity index (χ0n) is 9.87. The van der Waals surface area contributed by atoms with Gasteiger partial charge in [-0.25, -0.2) is 10.8 Å². The van der Waals surface area contributed by atoms with Crippen molar-refractivity contribution >= 4 is 11.7 Å². The van der Waals surface area contributed by atoms with Gasteiger partial charge in [0.25, 0.3) is 5.91 Å². The predicted molar refractivity (Wildman–Crippen MR) is 64.8 cm³/mol. The van der Waals surface area contributed by atoms with Crippen molar-refractivity contribution in [1.82, 2.24) is 9.88 Å². The number of hydrazine groups is 1. The standard InChI is InChI=1S/C11H16N4O3/c12-14-10-5-8(1-2-13-10)11(17)15-3-4-18-7-9(15)6-16/h1-2,5,9,16H,3-4,6-7,12H2,(H,13,14). The largest absolute Gasteiger partial charge is 0.394 e. The summed E-state index contributed by atoms with van der Waals surface area (Å²) in [5.74, 6) is 5.52. The number of rotatable bonds is 3. The van der Waals surface area contributed by atoms with E-state index in [1.807, 2.05) is 0 Å². The van der Waals surface area contributed by atoms with Crippen molar-refractivity contribution in [3.8, 4) is 0 Å². The van der Waals surface area contributed by atoms with Crippen LogP contribution in [0.5, 0.6) is 0 Å². The van der Waals surface area contributed by atoms with Crippen molar-refractivity contribution in [1.29, 1.82) is 0 Å². The lowest BCUT2D eigenvalue weighted by atomic mass is 10.1. The molecule has 2 heterocycles. The summed E-state index contributed by atoms with van der Waals surface area (Å²) in [4.78, 5) is 17.9. The third kappa shape index (κ3) is 2.58. The monoisotopic (exact) mass is 252 g/mol. The lowest BCUT2D eigenvalue weighted by molar-refractivity contribution is -0.0183. The summed E-state index contributed by atoms with van der Waals surface area (Å²) >= 11 is 0. The summed E-state index contributed by atoms with van der Waals surface area (Å²) in [5, 5.41) is 9.24. The molecule has 1 aliphatic rings. The van der Waals surface area contributed by atoms with Crippen LogP contribution in [-0.2, 0) is 4.74 Å². The molecule has 1 aliphatic heterocycles. The number of nitrogens with one attached hydrogen (secondary N) is 1. The number of ether oxygens (including phenoxy) is 1. The van der Waals surface area contributed by atoms with Gasteiger partial charge in [-0.2, -0.15) is 0 Å². The van der Waals surface area contributed by atoms with Gasteiger partial charge >= 0.3 is 0 Å². The molecule has 0 aliphatic carbocycles. The summed E-state index contributed by atoms with van der Waals surface area (Å²) in [7, 11) is 0. The Hall–Kier alpha value is -1.70. The number of hydrogen-bond donors (Lipinski definition) is 3. The fourth-order valence-electron chi connectivity index (χ4n) is 1.88. The Balaban J connectivity index is 2.18. The van der Waals surface area contributed by atoms with Gasteiger partial charge in [0, 0.05) is 18.3 Å². The molecule has 2 rings (SSSR count). The highest BCUT2D eigenvalue weighted by Gasteiger charge is 2.27. The number of carbonyl (C=O) groups is 1. The third-order valence-corrected chi connectivity index (χ3v) is 2.85. The number of aliphatic hydroxyl groups is 1. The number of pyridine rings is 1. The van der Waals surface area contributed by atoms with Gasteiger partial charge in [0.05, 0.1) is 25.9 Å². The minimum absolute atomic E-state index is 0.112. The van der Waals surface area contributed by atoms with E-state index in [-0.39, 0.29) is 18.6 Å². The Morgan fingerprint density at radius 3 is 3.28 bits per heavy atom. The van der Waals surface area contributed by atoms with Gasteiger partial charge in [-0.15, -0.1) is 0 Å². The molecule has 0 aromatic carbocycles. The number of hydrogen-bond acceptors (Lipinski definition) is 6. The summed E-state index contributed by atoms with van der Waals surface area (Å²) < 4.78 is 5.24. The van der Waals surface area contributed by atoms with Crippen LogP contribution in [0.25, 0.3) is 0 Å². The summed E-state index contributed by atoms with van der Waals surface area (Å²) in [6, 6.07) is 2.90. The van der Waals surface area contributed by atoms with E-state index in [1.54, 1.807) is 17.0 Å². The van der Waals surface area contributed by atoms with E-state index in [0.717, 1.165) is 0 Å². The molecule has 7 heteroatoms. The number of aromatic nitrogens is 1. The number of aliphatic hydroxyl groups excluding tert-OH is 1. The molecule has 1 fully saturated rings. The average Bonchev–Trinajstić information content (AvgIpc) is 2.46. The Morgan fingerprint density at radius 1 is 1.72 bits per heavy atom. The number of amides is 1. The van der Waals surface area contributed by atoms with Crippen LogP contribution >= 0.6 is 0 Å². The topological polar surface area (TPSA) is 101 Å². The maximum absolute atomic E-state index is 12.3. The van der Waals surface area contributed by atoms with Crippen LogP contribution in [0.15, 0.2) is 18.3 Å². The second kappa shape index (κ2) is 5.76. The van der Waals surface area contributed by atoms with E-state index >= 15 is 0 Å². The molecule has 1 unspecified atom stereocenters. The molecule has 98 valence electrons. The first-order chi connectivity index (χ1) is 8.76. The van der Waals surface area contributed by atoms with Crippen molar-refractivity contribution in [2.45, 2.75) is 6.04 Å². The summed E-state index contributed by atoms with van der Waals surface area (Å²) in [5.41, 5.74) is 2.88. The number of nitrogens with zero attached hydrogens (tertiary/aromatic N) is 2. The van der Waals surface area contributed by atoms with Crippen molar-refractivity contribution < 1.29 is 14.6 Å². The number of nitrogen functional groups attached to an aromatic ring is 1. The van der Waals surface area contributed by atoms with E-state index in [4.69, 9.17) is 10.6 Å². The maximum Gasteiger partial charge on any atom is 0.254 e. The Kier molecular flexibility index (Phi) is 4.08. The van der Waals surface area contributed by atoms with Gasteiger partial charge in [0.15, 0.2) is 0 Å². The van der Waals surface area contributed by atoms with Crippen molar-refractivity contribution in [2.75, 3.05) is 31.8 Å². The molecule has 1 aromatic rings. The fourth-order valence-corrected chi connectivity index (χ4v) is 1.88. The predicted octanol–water partition coefficient (Wildman–Crippen LogP) is -0.799. The van der Waals surface area contributed by atoms with Gasteiger partial charge < -0.3 is 20.2 Å². The lowest BCUT2D eigenvalue weighted by Gasteiger charge is -2.34. The quantitative estimate of drug-likeness (QED) is 0.481. The average molecular weight is 252 g/mol. The zero-order chi connectivity index (χ0) is 13.0. The molecule has 0 radical (unpaired) electrons. The molecule has 0 spiro atoms. The van der Waals surface area contributed by atoms with Crippen molar-refractivity contribution in [3.63, 3.8) is 0 Å². The summed E-state index contributed by atoms with van der Waals surface area (Å²) in [6.07, 6.45) is 1.51. The van der Waals surface area contributed by atoms with Gasteiger partial charge in [0.2, 0.25) is 0 Å². The van der Waals surface area contributed by atoms with Crippen LogP contribution in [0, 0.1) is 0 Å². The fraction of sp³-hybridized carbons (Fsp3) is 0.455. The zero-order valence-corrected chi connectivity index (χ0v) is 9.87. The number of nitrogens with two attached hydrogens (primary N) is 1. The van der Waals surface area contributed by atoms with E-state index in [1.165, 1.54) is 6.20 Å². The van der Waals surface area contributed by atoms with E-state index in [2.05, 4.69) is 10.4 Å². The second-order valence-corrected chi connectivity index (χ2v) is 3.98. The molecule has 7 nitrogen and oxygen atoms in total. The van der Waals surface area contributed by atoms with Crippen LogP contribution in [0.2, 0.25) is 0 Å².